The first-order chi connectivity index (χ1) is 23.2. The zero-order valence-electron chi connectivity index (χ0n) is 27.1. The summed E-state index contributed by atoms with van der Waals surface area (Å²) in [6.45, 7) is 7.28. The van der Waals surface area contributed by atoms with Crippen LogP contribution in [-0.2, 0) is 27.4 Å². The fourth-order valence-electron chi connectivity index (χ4n) is 4.88. The number of urea groups is 1. The maximum absolute atomic E-state index is 12.6. The molecule has 3 aromatic rings. The molecule has 0 aliphatic carbocycles. The number of carbonyl (C=O) groups excluding carboxylic acids is 3. The molecule has 1 aliphatic rings. The smallest absolute Gasteiger partial charge is 0.338 e. The molecule has 3 amide bonds. The summed E-state index contributed by atoms with van der Waals surface area (Å²) in [6, 6.07) is 14.6. The number of carbonyl (C=O) groups is 3. The Morgan fingerprint density at radius 2 is 1.77 bits per heavy atom. The van der Waals surface area contributed by atoms with Gasteiger partial charge in [-0.15, -0.1) is 6.58 Å². The highest BCUT2D eigenvalue weighted by Crippen LogP contribution is 2.35. The van der Waals surface area contributed by atoms with Gasteiger partial charge in [0.05, 0.1) is 38.7 Å². The number of allylic oxidation sites excluding steroid dienone is 2. The second kappa shape index (κ2) is 16.9. The van der Waals surface area contributed by atoms with Gasteiger partial charge in [0.15, 0.2) is 29.6 Å². The van der Waals surface area contributed by atoms with Crippen molar-refractivity contribution in [2.24, 2.45) is 5.10 Å². The third-order valence-electron chi connectivity index (χ3n) is 7.08. The maximum Gasteiger partial charge on any atom is 0.338 e. The van der Waals surface area contributed by atoms with E-state index in [4.69, 9.17) is 35.3 Å². The number of amides is 3. The molecule has 0 spiro atoms. The van der Waals surface area contributed by atoms with Crippen molar-refractivity contribution in [1.29, 1.82) is 0 Å². The zero-order valence-corrected chi connectivity index (χ0v) is 27.8. The first-order valence-corrected chi connectivity index (χ1v) is 15.3. The lowest BCUT2D eigenvalue weighted by molar-refractivity contribution is -0.139. The summed E-state index contributed by atoms with van der Waals surface area (Å²) in [5, 5.41) is 10.0. The van der Waals surface area contributed by atoms with Crippen LogP contribution in [0.4, 0.5) is 4.79 Å². The molecule has 1 atom stereocenters. The van der Waals surface area contributed by atoms with Gasteiger partial charge < -0.3 is 34.3 Å². The molecule has 3 aromatic carbocycles. The van der Waals surface area contributed by atoms with Crippen LogP contribution in [0.5, 0.6) is 23.0 Å². The molecule has 0 radical (unpaired) electrons. The van der Waals surface area contributed by atoms with Crippen molar-refractivity contribution in [3.63, 3.8) is 0 Å². The van der Waals surface area contributed by atoms with E-state index < -0.39 is 23.9 Å². The lowest BCUT2D eigenvalue weighted by atomic mass is 9.95. The summed E-state index contributed by atoms with van der Waals surface area (Å²) in [5.74, 6) is 0.557. The van der Waals surface area contributed by atoms with Gasteiger partial charge in [-0.3, -0.25) is 4.79 Å². The van der Waals surface area contributed by atoms with Crippen LogP contribution in [0.1, 0.15) is 42.1 Å². The molecule has 13 heteroatoms. The quantitative estimate of drug-likeness (QED) is 0.0842. The topological polar surface area (TPSA) is 146 Å². The minimum absolute atomic E-state index is 0.177. The summed E-state index contributed by atoms with van der Waals surface area (Å²) in [5.41, 5.74) is 6.08. The molecule has 252 valence electrons. The molecule has 0 saturated carbocycles. The second-order valence-corrected chi connectivity index (χ2v) is 10.8. The fraction of sp³-hybridized carbons (Fsp3) is 0.257. The lowest BCUT2D eigenvalue weighted by Gasteiger charge is -2.28. The monoisotopic (exact) mass is 676 g/mol. The molecule has 0 saturated heterocycles. The van der Waals surface area contributed by atoms with Gasteiger partial charge in [0, 0.05) is 16.3 Å². The van der Waals surface area contributed by atoms with Crippen LogP contribution in [0, 0.1) is 0 Å². The number of hydrazone groups is 1. The Balaban J connectivity index is 1.41. The van der Waals surface area contributed by atoms with Crippen LogP contribution in [0.25, 0.3) is 0 Å². The number of benzene rings is 3. The normalized spacial score (nSPS) is 14.1. The Morgan fingerprint density at radius 1 is 1.02 bits per heavy atom. The molecule has 0 aromatic heterocycles. The summed E-state index contributed by atoms with van der Waals surface area (Å²) in [7, 11) is 2.98. The SMILES string of the molecule is C=CCc1cc(/C=N\NC(=O)COc2ccc([C@@H]3NC(=O)NC(C)=C3C(=O)OCC)cc2OC)cc(OC)c1OCc1ccc(Cl)cc1. The number of ether oxygens (including phenoxy) is 5. The summed E-state index contributed by atoms with van der Waals surface area (Å²) >= 11 is 5.99. The Kier molecular flexibility index (Phi) is 12.4. The molecule has 3 N–H and O–H groups in total. The number of nitrogens with one attached hydrogen (secondary N) is 3. The predicted molar refractivity (Wildman–Crippen MR) is 181 cm³/mol. The fourth-order valence-corrected chi connectivity index (χ4v) is 5.00. The van der Waals surface area contributed by atoms with Crippen LogP contribution < -0.4 is 35.0 Å². The molecule has 12 nitrogen and oxygen atoms in total. The highest BCUT2D eigenvalue weighted by molar-refractivity contribution is 6.30. The standard InChI is InChI=1S/C35H37ClN4O8/c1-6-8-25-15-23(16-29(45-5)33(25)48-19-22-9-12-26(36)13-10-22)18-37-40-30(41)20-47-27-14-11-24(17-28(27)44-4)32-31(34(42)46-7-2)21(3)38-35(43)39-32/h6,9-18,32H,1,7-8,19-20H2,2-5H3,(H,40,41)(H2,38,39,43)/b37-18-/t32-/m0/s1. The van der Waals surface area contributed by atoms with Crippen molar-refractivity contribution in [3.8, 4) is 23.0 Å². The Hall–Kier alpha value is -5.49. The van der Waals surface area contributed by atoms with E-state index >= 15 is 0 Å². The van der Waals surface area contributed by atoms with Gasteiger partial charge in [0.2, 0.25) is 0 Å². The number of halogens is 1. The minimum atomic E-state index is -0.784. The van der Waals surface area contributed by atoms with E-state index in [9.17, 15) is 14.4 Å². The third-order valence-corrected chi connectivity index (χ3v) is 7.33. The van der Waals surface area contributed by atoms with Crippen LogP contribution >= 0.6 is 11.6 Å². The van der Waals surface area contributed by atoms with Crippen LogP contribution in [-0.4, -0.2) is 51.6 Å². The van der Waals surface area contributed by atoms with Crippen LogP contribution in [0.3, 0.4) is 0 Å². The number of rotatable bonds is 15. The number of hydrogen-bond acceptors (Lipinski definition) is 9. The highest BCUT2D eigenvalue weighted by atomic mass is 35.5. The molecule has 48 heavy (non-hydrogen) atoms. The van der Waals surface area contributed by atoms with Crippen molar-refractivity contribution < 1.29 is 38.1 Å². The number of nitrogens with zero attached hydrogens (tertiary/aromatic N) is 1. The van der Waals surface area contributed by atoms with E-state index in [1.165, 1.54) is 13.3 Å². The van der Waals surface area contributed by atoms with Crippen LogP contribution in [0.2, 0.25) is 5.02 Å². The molecule has 4 rings (SSSR count). The van der Waals surface area contributed by atoms with E-state index in [2.05, 4.69) is 27.7 Å². The van der Waals surface area contributed by atoms with Gasteiger partial charge in [-0.25, -0.2) is 15.0 Å². The molecule has 0 unspecified atom stereocenters. The van der Waals surface area contributed by atoms with E-state index in [-0.39, 0.29) is 30.3 Å². The van der Waals surface area contributed by atoms with Crippen molar-refractivity contribution in [2.45, 2.75) is 32.9 Å². The minimum Gasteiger partial charge on any atom is -0.493 e. The highest BCUT2D eigenvalue weighted by Gasteiger charge is 2.32. The molecule has 1 heterocycles. The Bertz CT molecular complexity index is 1720. The van der Waals surface area contributed by atoms with Gasteiger partial charge in [-0.2, -0.15) is 5.10 Å². The Labute approximate surface area is 283 Å². The van der Waals surface area contributed by atoms with Crippen LogP contribution in [0.15, 0.2) is 83.6 Å². The second-order valence-electron chi connectivity index (χ2n) is 10.4. The van der Waals surface area contributed by atoms with Gasteiger partial charge in [-0.1, -0.05) is 35.9 Å². The van der Waals surface area contributed by atoms with E-state index in [0.717, 1.165) is 11.1 Å². The number of hydrogen-bond donors (Lipinski definition) is 3. The van der Waals surface area contributed by atoms with Crippen molar-refractivity contribution in [3.05, 3.63) is 106 Å². The molecular weight excluding hydrogens is 640 g/mol. The van der Waals surface area contributed by atoms with E-state index in [0.29, 0.717) is 46.4 Å². The molecule has 1 aliphatic heterocycles. The van der Waals surface area contributed by atoms with E-state index in [1.54, 1.807) is 63.4 Å². The lowest BCUT2D eigenvalue weighted by Crippen LogP contribution is -2.45. The summed E-state index contributed by atoms with van der Waals surface area (Å²) < 4.78 is 28.1. The average Bonchev–Trinajstić information content (AvgIpc) is 3.07. The largest absolute Gasteiger partial charge is 0.493 e. The van der Waals surface area contributed by atoms with Gasteiger partial charge in [0.25, 0.3) is 5.91 Å². The zero-order chi connectivity index (χ0) is 34.6. The predicted octanol–water partition coefficient (Wildman–Crippen LogP) is 5.38. The van der Waals surface area contributed by atoms with Gasteiger partial charge >= 0.3 is 12.0 Å². The van der Waals surface area contributed by atoms with Gasteiger partial charge in [0.1, 0.15) is 6.61 Å². The molecule has 0 fully saturated rings. The molecular formula is C35H37ClN4O8. The first-order valence-electron chi connectivity index (χ1n) is 14.9. The third kappa shape index (κ3) is 9.07. The molecule has 0 bridgehead atoms. The first kappa shape index (κ1) is 35.4. The number of esters is 1. The van der Waals surface area contributed by atoms with Gasteiger partial charge in [-0.05, 0) is 73.4 Å². The summed E-state index contributed by atoms with van der Waals surface area (Å²) in [6.07, 6.45) is 3.75. The maximum atomic E-state index is 12.6. The summed E-state index contributed by atoms with van der Waals surface area (Å²) in [4.78, 5) is 37.4. The van der Waals surface area contributed by atoms with Crippen molar-refractivity contribution >= 4 is 35.7 Å². The van der Waals surface area contributed by atoms with E-state index in [1.807, 2.05) is 18.2 Å². The van der Waals surface area contributed by atoms with Crippen molar-refractivity contribution in [1.82, 2.24) is 16.1 Å². The Morgan fingerprint density at radius 3 is 2.46 bits per heavy atom. The number of methoxy groups -OCH3 is 2. The average molecular weight is 677 g/mol. The van der Waals surface area contributed by atoms with Crippen molar-refractivity contribution in [2.75, 3.05) is 27.4 Å².